The van der Waals surface area contributed by atoms with Crippen LogP contribution in [0.5, 0.6) is 0 Å². The Morgan fingerprint density at radius 3 is 2.67 bits per heavy atom. The van der Waals surface area contributed by atoms with Crippen molar-refractivity contribution in [1.29, 1.82) is 0 Å². The molecule has 2 aliphatic heterocycles. The van der Waals surface area contributed by atoms with Gasteiger partial charge in [0.2, 0.25) is 0 Å². The number of rotatable bonds is 3. The van der Waals surface area contributed by atoms with Gasteiger partial charge in [-0.1, -0.05) is 12.2 Å². The Hall–Kier alpha value is -0.830. The minimum atomic E-state index is -1.04. The van der Waals surface area contributed by atoms with Gasteiger partial charge in [0.1, 0.15) is 5.67 Å². The van der Waals surface area contributed by atoms with Crippen molar-refractivity contribution >= 4 is 0 Å². The summed E-state index contributed by atoms with van der Waals surface area (Å²) in [5.41, 5.74) is 1.33. The number of alkyl halides is 1. The summed E-state index contributed by atoms with van der Waals surface area (Å²) in [6.07, 6.45) is 5.19. The first-order valence-electron chi connectivity index (χ1n) is 7.00. The van der Waals surface area contributed by atoms with Crippen molar-refractivity contribution in [3.8, 4) is 0 Å². The number of nitrogens with zero attached hydrogens (tertiary/aromatic N) is 1. The van der Waals surface area contributed by atoms with E-state index in [0.29, 0.717) is 18.9 Å². The Bertz CT molecular complexity index is 340. The van der Waals surface area contributed by atoms with Crippen LogP contribution in [0, 0.1) is 5.92 Å². The van der Waals surface area contributed by atoms with Crippen LogP contribution in [0.15, 0.2) is 23.9 Å². The maximum absolute atomic E-state index is 13.8. The number of nitrogens with one attached hydrogen (secondary N) is 1. The first-order chi connectivity index (χ1) is 8.48. The van der Waals surface area contributed by atoms with Crippen LogP contribution in [0.2, 0.25) is 0 Å². The molecule has 0 aromatic heterocycles. The van der Waals surface area contributed by atoms with Crippen molar-refractivity contribution in [3.05, 3.63) is 23.9 Å². The zero-order valence-corrected chi connectivity index (χ0v) is 11.6. The van der Waals surface area contributed by atoms with Crippen LogP contribution in [0.4, 0.5) is 4.39 Å². The lowest BCUT2D eigenvalue weighted by molar-refractivity contribution is 0.201. The standard InChI is InChI=1S/C15H25FN2/c1-12(14-4-7-17-8-5-14)10-13(2)18-9-6-15(3,16)11-18/h10,14,17H,2,4-9,11H2,1,3H3. The van der Waals surface area contributed by atoms with Crippen molar-refractivity contribution in [2.45, 2.75) is 38.8 Å². The molecule has 2 rings (SSSR count). The fourth-order valence-electron chi connectivity index (χ4n) is 2.92. The maximum atomic E-state index is 13.8. The normalized spacial score (nSPS) is 30.8. The number of hydrogen-bond donors (Lipinski definition) is 1. The summed E-state index contributed by atoms with van der Waals surface area (Å²) >= 11 is 0. The summed E-state index contributed by atoms with van der Waals surface area (Å²) in [6.45, 7) is 11.5. The van der Waals surface area contributed by atoms with Crippen LogP contribution in [0.25, 0.3) is 0 Å². The highest BCUT2D eigenvalue weighted by Crippen LogP contribution is 2.29. The van der Waals surface area contributed by atoms with Gasteiger partial charge < -0.3 is 10.2 Å². The van der Waals surface area contributed by atoms with Crippen LogP contribution in [-0.4, -0.2) is 36.7 Å². The molecule has 0 spiro atoms. The molecule has 0 amide bonds. The molecule has 0 radical (unpaired) electrons. The summed E-state index contributed by atoms with van der Waals surface area (Å²) in [4.78, 5) is 2.07. The molecule has 1 N–H and O–H groups in total. The van der Waals surface area contributed by atoms with Crippen LogP contribution in [0.3, 0.4) is 0 Å². The van der Waals surface area contributed by atoms with E-state index in [1.807, 2.05) is 0 Å². The second-order valence-electron chi connectivity index (χ2n) is 5.99. The molecule has 1 atom stereocenters. The Morgan fingerprint density at radius 1 is 1.44 bits per heavy atom. The van der Waals surface area contributed by atoms with E-state index < -0.39 is 5.67 Å². The summed E-state index contributed by atoms with van der Waals surface area (Å²) in [6, 6.07) is 0. The zero-order chi connectivity index (χ0) is 13.2. The molecular weight excluding hydrogens is 227 g/mol. The molecule has 0 bridgehead atoms. The highest BCUT2D eigenvalue weighted by atomic mass is 19.1. The van der Waals surface area contributed by atoms with Crippen molar-refractivity contribution in [1.82, 2.24) is 10.2 Å². The molecule has 2 aliphatic rings. The molecule has 3 heteroatoms. The predicted molar refractivity (Wildman–Crippen MR) is 74.2 cm³/mol. The highest BCUT2D eigenvalue weighted by molar-refractivity contribution is 5.22. The van der Waals surface area contributed by atoms with E-state index in [1.165, 1.54) is 18.4 Å². The van der Waals surface area contributed by atoms with Gasteiger partial charge >= 0.3 is 0 Å². The number of piperidine rings is 1. The topological polar surface area (TPSA) is 15.3 Å². The molecule has 0 aromatic rings. The van der Waals surface area contributed by atoms with Crippen molar-refractivity contribution in [3.63, 3.8) is 0 Å². The monoisotopic (exact) mass is 252 g/mol. The molecule has 1 unspecified atom stereocenters. The van der Waals surface area contributed by atoms with E-state index in [9.17, 15) is 4.39 Å². The number of likely N-dealkylation sites (tertiary alicyclic amines) is 1. The third kappa shape index (κ3) is 3.35. The first-order valence-corrected chi connectivity index (χ1v) is 7.00. The number of allylic oxidation sites excluding steroid dienone is 2. The Labute approximate surface area is 110 Å². The van der Waals surface area contributed by atoms with E-state index in [-0.39, 0.29) is 0 Å². The molecule has 0 aromatic carbocycles. The van der Waals surface area contributed by atoms with Crippen LogP contribution < -0.4 is 5.32 Å². The maximum Gasteiger partial charge on any atom is 0.127 e. The highest BCUT2D eigenvalue weighted by Gasteiger charge is 2.33. The second-order valence-corrected chi connectivity index (χ2v) is 5.99. The molecule has 0 aliphatic carbocycles. The van der Waals surface area contributed by atoms with Crippen LogP contribution >= 0.6 is 0 Å². The van der Waals surface area contributed by atoms with Crippen LogP contribution in [-0.2, 0) is 0 Å². The summed E-state index contributed by atoms with van der Waals surface area (Å²) in [5, 5.41) is 3.38. The third-order valence-corrected chi connectivity index (χ3v) is 4.21. The fraction of sp³-hybridized carbons (Fsp3) is 0.733. The smallest absolute Gasteiger partial charge is 0.127 e. The molecule has 102 valence electrons. The lowest BCUT2D eigenvalue weighted by Gasteiger charge is -2.25. The number of hydrogen-bond acceptors (Lipinski definition) is 2. The molecule has 0 saturated carbocycles. The summed E-state index contributed by atoms with van der Waals surface area (Å²) < 4.78 is 13.8. The Kier molecular flexibility index (Phi) is 4.10. The third-order valence-electron chi connectivity index (χ3n) is 4.21. The first kappa shape index (κ1) is 13.6. The van der Waals surface area contributed by atoms with Gasteiger partial charge in [-0.25, -0.2) is 4.39 Å². The minimum absolute atomic E-state index is 0.488. The molecule has 2 nitrogen and oxygen atoms in total. The molecule has 2 saturated heterocycles. The van der Waals surface area contributed by atoms with Gasteiger partial charge in [-0.15, -0.1) is 0 Å². The molecule has 18 heavy (non-hydrogen) atoms. The van der Waals surface area contributed by atoms with Gasteiger partial charge in [-0.05, 0) is 51.8 Å². The van der Waals surface area contributed by atoms with E-state index in [1.54, 1.807) is 6.92 Å². The van der Waals surface area contributed by atoms with Gasteiger partial charge in [0.05, 0.1) is 6.54 Å². The van der Waals surface area contributed by atoms with E-state index in [4.69, 9.17) is 0 Å². The summed E-state index contributed by atoms with van der Waals surface area (Å²) in [7, 11) is 0. The van der Waals surface area contributed by atoms with Crippen LogP contribution in [0.1, 0.15) is 33.1 Å². The van der Waals surface area contributed by atoms with E-state index in [2.05, 4.69) is 29.8 Å². The fourth-order valence-corrected chi connectivity index (χ4v) is 2.92. The minimum Gasteiger partial charge on any atom is -0.369 e. The zero-order valence-electron chi connectivity index (χ0n) is 11.6. The molecule has 2 fully saturated rings. The lowest BCUT2D eigenvalue weighted by Crippen LogP contribution is -2.28. The second kappa shape index (κ2) is 5.43. The molecular formula is C15H25FN2. The Morgan fingerprint density at radius 2 is 2.11 bits per heavy atom. The van der Waals surface area contributed by atoms with E-state index >= 15 is 0 Å². The van der Waals surface area contributed by atoms with Crippen molar-refractivity contribution in [2.75, 3.05) is 26.2 Å². The van der Waals surface area contributed by atoms with Crippen molar-refractivity contribution in [2.24, 2.45) is 5.92 Å². The lowest BCUT2D eigenvalue weighted by atomic mass is 9.90. The average molecular weight is 252 g/mol. The predicted octanol–water partition coefficient (Wildman–Crippen LogP) is 2.88. The van der Waals surface area contributed by atoms with Gasteiger partial charge in [0, 0.05) is 18.7 Å². The quantitative estimate of drug-likeness (QED) is 0.777. The Balaban J connectivity index is 1.93. The van der Waals surface area contributed by atoms with Gasteiger partial charge in [-0.2, -0.15) is 0 Å². The van der Waals surface area contributed by atoms with Gasteiger partial charge in [-0.3, -0.25) is 0 Å². The van der Waals surface area contributed by atoms with Gasteiger partial charge in [0.15, 0.2) is 0 Å². The van der Waals surface area contributed by atoms with E-state index in [0.717, 1.165) is 25.3 Å². The SMILES string of the molecule is C=C(C=C(C)C1CCNCC1)N1CCC(C)(F)C1. The van der Waals surface area contributed by atoms with Crippen molar-refractivity contribution < 1.29 is 4.39 Å². The average Bonchev–Trinajstić information content (AvgIpc) is 2.71. The number of halogens is 1. The molecule has 2 heterocycles. The largest absolute Gasteiger partial charge is 0.369 e. The van der Waals surface area contributed by atoms with Gasteiger partial charge in [0.25, 0.3) is 0 Å². The summed E-state index contributed by atoms with van der Waals surface area (Å²) in [5.74, 6) is 0.669.